The van der Waals surface area contributed by atoms with E-state index in [9.17, 15) is 0 Å². The SMILES string of the molecule is Nc1nc(N)nc(Cc2cc3ccccc3s2)n1. The van der Waals surface area contributed by atoms with E-state index in [2.05, 4.69) is 33.2 Å². The fourth-order valence-corrected chi connectivity index (χ4v) is 2.88. The Labute approximate surface area is 108 Å². The van der Waals surface area contributed by atoms with E-state index in [0.29, 0.717) is 12.2 Å². The van der Waals surface area contributed by atoms with Crippen molar-refractivity contribution in [1.29, 1.82) is 0 Å². The zero-order valence-electron chi connectivity index (χ0n) is 9.50. The number of hydrogen-bond donors (Lipinski definition) is 2. The van der Waals surface area contributed by atoms with Crippen LogP contribution in [0.5, 0.6) is 0 Å². The van der Waals surface area contributed by atoms with E-state index in [1.807, 2.05) is 12.1 Å². The zero-order valence-corrected chi connectivity index (χ0v) is 10.3. The van der Waals surface area contributed by atoms with E-state index in [1.54, 1.807) is 11.3 Å². The van der Waals surface area contributed by atoms with Gasteiger partial charge in [-0.2, -0.15) is 15.0 Å². The van der Waals surface area contributed by atoms with Crippen LogP contribution >= 0.6 is 11.3 Å². The Hall–Kier alpha value is -2.21. The van der Waals surface area contributed by atoms with Gasteiger partial charge in [-0.1, -0.05) is 18.2 Å². The van der Waals surface area contributed by atoms with Gasteiger partial charge in [0.05, 0.1) is 0 Å². The van der Waals surface area contributed by atoms with Crippen LogP contribution in [0.3, 0.4) is 0 Å². The van der Waals surface area contributed by atoms with Crippen LogP contribution in [0.15, 0.2) is 30.3 Å². The van der Waals surface area contributed by atoms with Gasteiger partial charge in [0, 0.05) is 16.0 Å². The predicted octanol–water partition coefficient (Wildman–Crippen LogP) is 1.84. The lowest BCUT2D eigenvalue weighted by Gasteiger charge is -1.99. The van der Waals surface area contributed by atoms with E-state index in [0.717, 1.165) is 0 Å². The second kappa shape index (κ2) is 4.23. The van der Waals surface area contributed by atoms with Gasteiger partial charge >= 0.3 is 0 Å². The third-order valence-electron chi connectivity index (χ3n) is 2.53. The molecule has 0 atom stereocenters. The molecule has 2 heterocycles. The maximum atomic E-state index is 5.55. The van der Waals surface area contributed by atoms with Crippen molar-refractivity contribution in [2.75, 3.05) is 11.5 Å². The number of benzene rings is 1. The summed E-state index contributed by atoms with van der Waals surface area (Å²) in [5.74, 6) is 0.934. The minimum absolute atomic E-state index is 0.165. The van der Waals surface area contributed by atoms with Crippen LogP contribution in [0.2, 0.25) is 0 Å². The van der Waals surface area contributed by atoms with E-state index < -0.39 is 0 Å². The molecule has 6 heteroatoms. The molecule has 0 fully saturated rings. The Morgan fingerprint density at radius 1 is 1.00 bits per heavy atom. The Morgan fingerprint density at radius 3 is 2.44 bits per heavy atom. The number of fused-ring (bicyclic) bond motifs is 1. The molecule has 0 unspecified atom stereocenters. The number of nitrogen functional groups attached to an aromatic ring is 2. The highest BCUT2D eigenvalue weighted by Crippen LogP contribution is 2.26. The molecule has 0 amide bonds. The van der Waals surface area contributed by atoms with Gasteiger partial charge in [-0.15, -0.1) is 11.3 Å². The summed E-state index contributed by atoms with van der Waals surface area (Å²) >= 11 is 1.72. The summed E-state index contributed by atoms with van der Waals surface area (Å²) in [7, 11) is 0. The van der Waals surface area contributed by atoms with Crippen LogP contribution < -0.4 is 11.5 Å². The summed E-state index contributed by atoms with van der Waals surface area (Å²) in [6.45, 7) is 0. The van der Waals surface area contributed by atoms with Crippen LogP contribution in [0.25, 0.3) is 10.1 Å². The average molecular weight is 257 g/mol. The summed E-state index contributed by atoms with van der Waals surface area (Å²) in [6, 6.07) is 10.4. The normalized spacial score (nSPS) is 10.9. The van der Waals surface area contributed by atoms with E-state index in [1.165, 1.54) is 15.0 Å². The van der Waals surface area contributed by atoms with E-state index in [4.69, 9.17) is 11.5 Å². The van der Waals surface area contributed by atoms with Crippen molar-refractivity contribution in [3.63, 3.8) is 0 Å². The molecule has 0 bridgehead atoms. The zero-order chi connectivity index (χ0) is 12.5. The number of aromatic nitrogens is 3. The van der Waals surface area contributed by atoms with Gasteiger partial charge in [0.15, 0.2) is 0 Å². The molecule has 0 aliphatic heterocycles. The predicted molar refractivity (Wildman–Crippen MR) is 73.3 cm³/mol. The molecule has 3 rings (SSSR count). The molecule has 3 aromatic rings. The van der Waals surface area contributed by atoms with Gasteiger partial charge in [-0.3, -0.25) is 0 Å². The number of rotatable bonds is 2. The van der Waals surface area contributed by atoms with Crippen molar-refractivity contribution >= 4 is 33.3 Å². The average Bonchev–Trinajstić information content (AvgIpc) is 2.69. The summed E-state index contributed by atoms with van der Waals surface area (Å²) in [6.07, 6.45) is 0.621. The largest absolute Gasteiger partial charge is 0.368 e. The molecule has 90 valence electrons. The molecule has 0 radical (unpaired) electrons. The Kier molecular flexibility index (Phi) is 2.56. The van der Waals surface area contributed by atoms with E-state index in [-0.39, 0.29) is 11.9 Å². The molecule has 0 saturated carbocycles. The second-order valence-electron chi connectivity index (χ2n) is 3.90. The highest BCUT2D eigenvalue weighted by molar-refractivity contribution is 7.19. The van der Waals surface area contributed by atoms with Crippen LogP contribution in [0, 0.1) is 0 Å². The van der Waals surface area contributed by atoms with Crippen LogP contribution in [0.4, 0.5) is 11.9 Å². The van der Waals surface area contributed by atoms with Gasteiger partial charge < -0.3 is 11.5 Å². The highest BCUT2D eigenvalue weighted by Gasteiger charge is 2.06. The van der Waals surface area contributed by atoms with E-state index >= 15 is 0 Å². The van der Waals surface area contributed by atoms with Gasteiger partial charge in [0.1, 0.15) is 5.82 Å². The molecular weight excluding hydrogens is 246 g/mol. The molecule has 2 aromatic heterocycles. The van der Waals surface area contributed by atoms with Gasteiger partial charge in [-0.25, -0.2) is 0 Å². The molecule has 0 aliphatic rings. The first-order valence-corrected chi connectivity index (χ1v) is 6.26. The molecule has 0 spiro atoms. The maximum absolute atomic E-state index is 5.55. The van der Waals surface area contributed by atoms with Crippen molar-refractivity contribution in [3.8, 4) is 0 Å². The van der Waals surface area contributed by atoms with Crippen LogP contribution in [0.1, 0.15) is 10.7 Å². The topological polar surface area (TPSA) is 90.7 Å². The summed E-state index contributed by atoms with van der Waals surface area (Å²) in [5, 5.41) is 1.23. The fraction of sp³-hybridized carbons (Fsp3) is 0.0833. The van der Waals surface area contributed by atoms with Crippen molar-refractivity contribution in [2.24, 2.45) is 0 Å². The lowest BCUT2D eigenvalue weighted by molar-refractivity contribution is 0.949. The van der Waals surface area contributed by atoms with Crippen molar-refractivity contribution < 1.29 is 0 Å². The van der Waals surface area contributed by atoms with Crippen LogP contribution in [-0.4, -0.2) is 15.0 Å². The van der Waals surface area contributed by atoms with Crippen LogP contribution in [-0.2, 0) is 6.42 Å². The summed E-state index contributed by atoms with van der Waals surface area (Å²) in [5.41, 5.74) is 11.1. The minimum atomic E-state index is 0.165. The Bertz CT molecular complexity index is 653. The van der Waals surface area contributed by atoms with Gasteiger partial charge in [0.25, 0.3) is 0 Å². The smallest absolute Gasteiger partial charge is 0.225 e. The third kappa shape index (κ3) is 2.10. The number of thiophene rings is 1. The maximum Gasteiger partial charge on any atom is 0.225 e. The first-order chi connectivity index (χ1) is 8.70. The number of nitrogens with zero attached hydrogens (tertiary/aromatic N) is 3. The van der Waals surface area contributed by atoms with Crippen molar-refractivity contribution in [3.05, 3.63) is 41.0 Å². The van der Waals surface area contributed by atoms with Crippen molar-refractivity contribution in [2.45, 2.75) is 6.42 Å². The minimum Gasteiger partial charge on any atom is -0.368 e. The molecule has 5 nitrogen and oxygen atoms in total. The summed E-state index contributed by atoms with van der Waals surface area (Å²) in [4.78, 5) is 13.1. The highest BCUT2D eigenvalue weighted by atomic mass is 32.1. The lowest BCUT2D eigenvalue weighted by atomic mass is 10.2. The second-order valence-corrected chi connectivity index (χ2v) is 5.06. The standard InChI is InChI=1S/C12H11N5S/c13-11-15-10(16-12(14)17-11)6-8-5-7-3-1-2-4-9(7)18-8/h1-5H,6H2,(H4,13,14,15,16,17). The molecule has 0 aliphatic carbocycles. The first kappa shape index (κ1) is 10.9. The molecule has 1 aromatic carbocycles. The molecule has 0 saturated heterocycles. The number of anilines is 2. The quantitative estimate of drug-likeness (QED) is 0.731. The Morgan fingerprint density at radius 2 is 1.72 bits per heavy atom. The fourth-order valence-electron chi connectivity index (χ4n) is 1.82. The lowest BCUT2D eigenvalue weighted by Crippen LogP contribution is -2.06. The first-order valence-electron chi connectivity index (χ1n) is 5.44. The van der Waals surface area contributed by atoms with Gasteiger partial charge in [0.2, 0.25) is 11.9 Å². The third-order valence-corrected chi connectivity index (χ3v) is 3.64. The number of nitrogens with two attached hydrogens (primary N) is 2. The monoisotopic (exact) mass is 257 g/mol. The Balaban J connectivity index is 1.96. The number of hydrogen-bond acceptors (Lipinski definition) is 6. The summed E-state index contributed by atoms with van der Waals surface area (Å²) < 4.78 is 1.25. The molecule has 4 N–H and O–H groups in total. The molecule has 18 heavy (non-hydrogen) atoms. The van der Waals surface area contributed by atoms with Crippen molar-refractivity contribution in [1.82, 2.24) is 15.0 Å². The molecular formula is C12H11N5S. The van der Waals surface area contributed by atoms with Gasteiger partial charge in [-0.05, 0) is 17.5 Å².